The lowest BCUT2D eigenvalue weighted by molar-refractivity contribution is 0.170. The molecule has 1 aromatic rings. The third-order valence-electron chi connectivity index (χ3n) is 4.08. The molecule has 19 heavy (non-hydrogen) atoms. The third kappa shape index (κ3) is 3.01. The summed E-state index contributed by atoms with van der Waals surface area (Å²) in [6.45, 7) is 10.6. The van der Waals surface area contributed by atoms with Crippen LogP contribution in [0.25, 0.3) is 0 Å². The van der Waals surface area contributed by atoms with Crippen molar-refractivity contribution in [2.45, 2.75) is 39.2 Å². The van der Waals surface area contributed by atoms with E-state index in [0.29, 0.717) is 5.92 Å². The number of nitriles is 1. The van der Waals surface area contributed by atoms with Gasteiger partial charge >= 0.3 is 0 Å². The fourth-order valence-electron chi connectivity index (χ4n) is 2.81. The number of hydrogen-bond acceptors (Lipinski definition) is 2. The minimum Gasteiger partial charge on any atom is -0.297 e. The van der Waals surface area contributed by atoms with E-state index in [4.69, 9.17) is 0 Å². The van der Waals surface area contributed by atoms with E-state index in [2.05, 4.69) is 72.8 Å². The molecule has 0 N–H and O–H groups in total. The Morgan fingerprint density at radius 2 is 2.00 bits per heavy atom. The first-order valence-electron chi connectivity index (χ1n) is 6.73. The largest absolute Gasteiger partial charge is 0.297 e. The molecule has 0 bridgehead atoms. The molecule has 1 saturated heterocycles. The van der Waals surface area contributed by atoms with Crippen LogP contribution < -0.4 is 0 Å². The average Bonchev–Trinajstić information content (AvgIpc) is 2.76. The lowest BCUT2D eigenvalue weighted by Gasteiger charge is -2.31. The van der Waals surface area contributed by atoms with E-state index >= 15 is 0 Å². The summed E-state index contributed by atoms with van der Waals surface area (Å²) in [5, 5.41) is 9.45. The molecule has 2 nitrogen and oxygen atoms in total. The van der Waals surface area contributed by atoms with Crippen molar-refractivity contribution in [1.82, 2.24) is 4.90 Å². The number of rotatable bonds is 1. The van der Waals surface area contributed by atoms with Gasteiger partial charge < -0.3 is 0 Å². The van der Waals surface area contributed by atoms with Gasteiger partial charge in [0.05, 0.1) is 12.0 Å². The zero-order valence-electron chi connectivity index (χ0n) is 12.1. The summed E-state index contributed by atoms with van der Waals surface area (Å²) in [4.78, 5) is 2.42. The van der Waals surface area contributed by atoms with Crippen molar-refractivity contribution < 1.29 is 0 Å². The van der Waals surface area contributed by atoms with Crippen LogP contribution in [0.2, 0.25) is 0 Å². The van der Waals surface area contributed by atoms with E-state index in [1.807, 2.05) is 0 Å². The summed E-state index contributed by atoms with van der Waals surface area (Å²) in [7, 11) is 0. The average molecular weight is 321 g/mol. The second kappa shape index (κ2) is 5.26. The molecule has 1 aliphatic rings. The molecular weight excluding hydrogens is 300 g/mol. The van der Waals surface area contributed by atoms with Gasteiger partial charge in [-0.25, -0.2) is 0 Å². The predicted molar refractivity (Wildman–Crippen MR) is 82.0 cm³/mol. The molecule has 2 rings (SSSR count). The Morgan fingerprint density at radius 1 is 1.32 bits per heavy atom. The summed E-state index contributed by atoms with van der Waals surface area (Å²) >= 11 is 3.54. The number of aryl methyl sites for hydroxylation is 1. The molecule has 2 atom stereocenters. The predicted octanol–water partition coefficient (Wildman–Crippen LogP) is 4.10. The third-order valence-corrected chi connectivity index (χ3v) is 4.57. The first-order valence-corrected chi connectivity index (χ1v) is 7.53. The summed E-state index contributed by atoms with van der Waals surface area (Å²) < 4.78 is 1.10. The van der Waals surface area contributed by atoms with E-state index in [1.165, 1.54) is 11.1 Å². The zero-order valence-corrected chi connectivity index (χ0v) is 13.7. The Bertz CT molecular complexity index is 510. The summed E-state index contributed by atoms with van der Waals surface area (Å²) in [6, 6.07) is 8.88. The van der Waals surface area contributed by atoms with E-state index < -0.39 is 0 Å². The normalized spacial score (nSPS) is 24.4. The van der Waals surface area contributed by atoms with Gasteiger partial charge in [-0.2, -0.15) is 5.26 Å². The lowest BCUT2D eigenvalue weighted by Crippen LogP contribution is -2.39. The minimum atomic E-state index is 0.0900. The van der Waals surface area contributed by atoms with Crippen LogP contribution in [0.5, 0.6) is 0 Å². The summed E-state index contributed by atoms with van der Waals surface area (Å²) in [5.74, 6) is 0.411. The SMILES string of the molecule is Cc1ccc(Br)cc1[C@@H]1CN(C(C)(C)C)C[C@H]1C#N. The highest BCUT2D eigenvalue weighted by Crippen LogP contribution is 2.37. The Labute approximate surface area is 124 Å². The molecule has 1 heterocycles. The molecule has 0 amide bonds. The van der Waals surface area contributed by atoms with Crippen LogP contribution in [0, 0.1) is 24.2 Å². The highest BCUT2D eigenvalue weighted by Gasteiger charge is 2.38. The fourth-order valence-corrected chi connectivity index (χ4v) is 3.19. The molecule has 0 saturated carbocycles. The van der Waals surface area contributed by atoms with Gasteiger partial charge in [0.25, 0.3) is 0 Å². The van der Waals surface area contributed by atoms with Crippen LogP contribution in [0.15, 0.2) is 22.7 Å². The maximum absolute atomic E-state index is 9.45. The summed E-state index contributed by atoms with van der Waals surface area (Å²) in [6.07, 6.45) is 0. The molecular formula is C16H21BrN2. The van der Waals surface area contributed by atoms with Gasteiger partial charge in [-0.3, -0.25) is 4.90 Å². The van der Waals surface area contributed by atoms with Gasteiger partial charge in [0.15, 0.2) is 0 Å². The van der Waals surface area contributed by atoms with E-state index in [1.54, 1.807) is 0 Å². The highest BCUT2D eigenvalue weighted by molar-refractivity contribution is 9.10. The number of likely N-dealkylation sites (tertiary alicyclic amines) is 1. The molecule has 1 aliphatic heterocycles. The van der Waals surface area contributed by atoms with Gasteiger partial charge in [-0.1, -0.05) is 22.0 Å². The molecule has 0 radical (unpaired) electrons. The number of hydrogen-bond donors (Lipinski definition) is 0. The smallest absolute Gasteiger partial charge is 0.0676 e. The summed E-state index contributed by atoms with van der Waals surface area (Å²) in [5.41, 5.74) is 2.72. The van der Waals surface area contributed by atoms with Crippen molar-refractivity contribution in [3.8, 4) is 6.07 Å². The Balaban J connectivity index is 2.34. The molecule has 0 aromatic heterocycles. The van der Waals surface area contributed by atoms with E-state index in [9.17, 15) is 5.26 Å². The van der Waals surface area contributed by atoms with Crippen molar-refractivity contribution in [1.29, 1.82) is 5.26 Å². The Hall–Kier alpha value is -0.850. The molecule has 0 unspecified atom stereocenters. The van der Waals surface area contributed by atoms with Crippen LogP contribution in [0.1, 0.15) is 37.8 Å². The van der Waals surface area contributed by atoms with Gasteiger partial charge in [0, 0.05) is 29.0 Å². The quantitative estimate of drug-likeness (QED) is 0.779. The van der Waals surface area contributed by atoms with Crippen molar-refractivity contribution >= 4 is 15.9 Å². The first kappa shape index (κ1) is 14.6. The van der Waals surface area contributed by atoms with Crippen LogP contribution in [-0.4, -0.2) is 23.5 Å². The van der Waals surface area contributed by atoms with Crippen LogP contribution in [0.4, 0.5) is 0 Å². The zero-order chi connectivity index (χ0) is 14.2. The maximum atomic E-state index is 9.45. The second-order valence-corrected chi connectivity index (χ2v) is 7.33. The monoisotopic (exact) mass is 320 g/mol. The van der Waals surface area contributed by atoms with Crippen molar-refractivity contribution in [3.63, 3.8) is 0 Å². The van der Waals surface area contributed by atoms with Crippen LogP contribution >= 0.6 is 15.9 Å². The highest BCUT2D eigenvalue weighted by atomic mass is 79.9. The standard InChI is InChI=1S/C16H21BrN2/c1-11-5-6-13(17)7-14(11)15-10-19(16(2,3)4)9-12(15)8-18/h5-7,12,15H,9-10H2,1-4H3/t12-,15-/m1/s1. The first-order chi connectivity index (χ1) is 8.82. The maximum Gasteiger partial charge on any atom is 0.0676 e. The topological polar surface area (TPSA) is 27.0 Å². The number of benzene rings is 1. The van der Waals surface area contributed by atoms with Crippen molar-refractivity contribution in [3.05, 3.63) is 33.8 Å². The molecule has 1 aromatic carbocycles. The molecule has 0 aliphatic carbocycles. The lowest BCUT2D eigenvalue weighted by atomic mass is 9.87. The molecule has 102 valence electrons. The van der Waals surface area contributed by atoms with E-state index in [-0.39, 0.29) is 11.5 Å². The fraction of sp³-hybridized carbons (Fsp3) is 0.562. The van der Waals surface area contributed by atoms with Crippen LogP contribution in [0.3, 0.4) is 0 Å². The minimum absolute atomic E-state index is 0.0900. The number of halogens is 1. The molecule has 1 fully saturated rings. The Kier molecular flexibility index (Phi) is 4.03. The van der Waals surface area contributed by atoms with Crippen molar-refractivity contribution in [2.24, 2.45) is 5.92 Å². The van der Waals surface area contributed by atoms with Gasteiger partial charge in [-0.05, 0) is 51.0 Å². The van der Waals surface area contributed by atoms with Gasteiger partial charge in [-0.15, -0.1) is 0 Å². The van der Waals surface area contributed by atoms with Gasteiger partial charge in [0.1, 0.15) is 0 Å². The molecule has 0 spiro atoms. The van der Waals surface area contributed by atoms with Crippen molar-refractivity contribution in [2.75, 3.05) is 13.1 Å². The van der Waals surface area contributed by atoms with Crippen LogP contribution in [-0.2, 0) is 0 Å². The molecule has 3 heteroatoms. The van der Waals surface area contributed by atoms with E-state index in [0.717, 1.165) is 17.6 Å². The van der Waals surface area contributed by atoms with Gasteiger partial charge in [0.2, 0.25) is 0 Å². The Morgan fingerprint density at radius 3 is 2.58 bits per heavy atom. The second-order valence-electron chi connectivity index (χ2n) is 6.42. The number of nitrogens with zero attached hydrogens (tertiary/aromatic N) is 2.